The smallest absolute Gasteiger partial charge is 0.369 e. The first-order valence-electron chi connectivity index (χ1n) is 8.26. The van der Waals surface area contributed by atoms with Crippen molar-refractivity contribution in [3.05, 3.63) is 11.6 Å². The molecular weight excluding hydrogens is 324 g/mol. The second-order valence-electron chi connectivity index (χ2n) is 7.33. The highest BCUT2D eigenvalue weighted by atomic mass is 16.5. The first kappa shape index (κ1) is 17.5. The van der Waals surface area contributed by atoms with Gasteiger partial charge in [0.2, 0.25) is 0 Å². The van der Waals surface area contributed by atoms with Crippen molar-refractivity contribution < 1.29 is 23.7 Å². The highest BCUT2D eigenvalue weighted by Gasteiger charge is 2.45. The number of carbonyl (C=O) groups excluding carboxylic acids is 3. The molecule has 8 nitrogen and oxygen atoms in total. The number of morpholine rings is 1. The van der Waals surface area contributed by atoms with E-state index in [1.54, 1.807) is 18.0 Å². The summed E-state index contributed by atoms with van der Waals surface area (Å²) >= 11 is 0. The van der Waals surface area contributed by atoms with E-state index in [9.17, 15) is 14.4 Å². The molecule has 0 aromatic rings. The Labute approximate surface area is 146 Å². The van der Waals surface area contributed by atoms with Crippen molar-refractivity contribution in [2.45, 2.75) is 32.5 Å². The van der Waals surface area contributed by atoms with E-state index in [1.165, 1.54) is 17.8 Å². The minimum atomic E-state index is -0.719. The number of aliphatic imine (C=N–C) groups is 1. The SMILES string of the molecule is CC1CN(C(=O)C2=CC3C(=O)N(C)C(=O)[N+](C)=C3N=C2)CC(C)(C)O1. The van der Waals surface area contributed by atoms with E-state index in [0.717, 1.165) is 4.90 Å². The molecule has 2 atom stereocenters. The monoisotopic (exact) mass is 347 g/mol. The minimum absolute atomic E-state index is 0.0675. The molecule has 2 unspecified atom stereocenters. The summed E-state index contributed by atoms with van der Waals surface area (Å²) in [6.07, 6.45) is 2.96. The average molecular weight is 347 g/mol. The molecule has 0 aromatic carbocycles. The Morgan fingerprint density at radius 1 is 1.40 bits per heavy atom. The van der Waals surface area contributed by atoms with Crippen LogP contribution in [-0.2, 0) is 14.3 Å². The fourth-order valence-electron chi connectivity index (χ4n) is 3.53. The van der Waals surface area contributed by atoms with Crippen LogP contribution in [0, 0.1) is 5.92 Å². The van der Waals surface area contributed by atoms with Crippen molar-refractivity contribution in [3.63, 3.8) is 0 Å². The molecule has 0 aliphatic carbocycles. The zero-order valence-electron chi connectivity index (χ0n) is 15.1. The molecule has 1 saturated heterocycles. The molecule has 8 heteroatoms. The lowest BCUT2D eigenvalue weighted by Gasteiger charge is -2.41. The quantitative estimate of drug-likeness (QED) is 0.638. The van der Waals surface area contributed by atoms with E-state index in [4.69, 9.17) is 4.74 Å². The number of amides is 4. The number of carbonyl (C=O) groups is 3. The molecule has 0 aromatic heterocycles. The normalized spacial score (nSPS) is 28.9. The number of fused-ring (bicyclic) bond motifs is 1. The van der Waals surface area contributed by atoms with Crippen LogP contribution in [0.4, 0.5) is 4.79 Å². The van der Waals surface area contributed by atoms with E-state index in [-0.39, 0.29) is 17.9 Å². The van der Waals surface area contributed by atoms with Gasteiger partial charge in [0.1, 0.15) is 6.21 Å². The molecule has 0 radical (unpaired) electrons. The number of hydrogen-bond acceptors (Lipinski definition) is 5. The molecule has 3 aliphatic rings. The largest absolute Gasteiger partial charge is 0.445 e. The Hall–Kier alpha value is -2.35. The third-order valence-corrected chi connectivity index (χ3v) is 4.58. The van der Waals surface area contributed by atoms with E-state index >= 15 is 0 Å². The van der Waals surface area contributed by atoms with E-state index in [2.05, 4.69) is 4.99 Å². The van der Waals surface area contributed by atoms with Crippen LogP contribution in [0.5, 0.6) is 0 Å². The molecular formula is C17H23N4O4+. The number of urea groups is 1. The topological polar surface area (TPSA) is 82.3 Å². The van der Waals surface area contributed by atoms with Gasteiger partial charge in [0.05, 0.1) is 31.4 Å². The van der Waals surface area contributed by atoms with Gasteiger partial charge in [-0.05, 0) is 26.8 Å². The number of amidine groups is 1. The van der Waals surface area contributed by atoms with Crippen molar-refractivity contribution in [3.8, 4) is 0 Å². The lowest BCUT2D eigenvalue weighted by Crippen LogP contribution is -2.55. The second kappa shape index (κ2) is 5.87. The molecule has 3 heterocycles. The van der Waals surface area contributed by atoms with E-state index in [0.29, 0.717) is 24.5 Å². The molecule has 25 heavy (non-hydrogen) atoms. The van der Waals surface area contributed by atoms with Crippen LogP contribution < -0.4 is 0 Å². The van der Waals surface area contributed by atoms with Crippen molar-refractivity contribution in [1.82, 2.24) is 9.80 Å². The molecule has 0 saturated carbocycles. The first-order valence-corrected chi connectivity index (χ1v) is 8.26. The summed E-state index contributed by atoms with van der Waals surface area (Å²) in [7, 11) is 3.00. The molecule has 3 aliphatic heterocycles. The highest BCUT2D eigenvalue weighted by Crippen LogP contribution is 2.24. The van der Waals surface area contributed by atoms with Gasteiger partial charge in [0.15, 0.2) is 5.92 Å². The summed E-state index contributed by atoms with van der Waals surface area (Å²) in [4.78, 5) is 44.3. The summed E-state index contributed by atoms with van der Waals surface area (Å²) in [5.41, 5.74) is -0.0621. The van der Waals surface area contributed by atoms with Crippen molar-refractivity contribution >= 4 is 29.9 Å². The second-order valence-corrected chi connectivity index (χ2v) is 7.33. The van der Waals surface area contributed by atoms with E-state index < -0.39 is 17.6 Å². The van der Waals surface area contributed by atoms with Crippen molar-refractivity contribution in [2.24, 2.45) is 10.9 Å². The molecule has 0 bridgehead atoms. The van der Waals surface area contributed by atoms with Crippen molar-refractivity contribution in [1.29, 1.82) is 0 Å². The van der Waals surface area contributed by atoms with Gasteiger partial charge in [0.25, 0.3) is 11.7 Å². The average Bonchev–Trinajstić information content (AvgIpc) is 2.55. The predicted molar refractivity (Wildman–Crippen MR) is 90.6 cm³/mol. The lowest BCUT2D eigenvalue weighted by molar-refractivity contribution is -0.407. The van der Waals surface area contributed by atoms with Crippen LogP contribution >= 0.6 is 0 Å². The van der Waals surface area contributed by atoms with Crippen LogP contribution in [0.15, 0.2) is 16.6 Å². The van der Waals surface area contributed by atoms with Gasteiger partial charge < -0.3 is 9.64 Å². The fraction of sp³-hybridized carbons (Fsp3) is 0.588. The minimum Gasteiger partial charge on any atom is -0.369 e. The van der Waals surface area contributed by atoms with Crippen LogP contribution in [0.2, 0.25) is 0 Å². The molecule has 0 spiro atoms. The number of nitrogens with zero attached hydrogens (tertiary/aromatic N) is 4. The van der Waals surface area contributed by atoms with Gasteiger partial charge in [0, 0.05) is 13.1 Å². The Bertz CT molecular complexity index is 750. The Morgan fingerprint density at radius 3 is 2.72 bits per heavy atom. The molecule has 134 valence electrons. The fourth-order valence-corrected chi connectivity index (χ4v) is 3.53. The third kappa shape index (κ3) is 3.02. The van der Waals surface area contributed by atoms with Gasteiger partial charge in [-0.25, -0.2) is 4.79 Å². The summed E-state index contributed by atoms with van der Waals surface area (Å²) in [5, 5.41) is 0. The zero-order chi connectivity index (χ0) is 18.5. The number of dihydropyridines is 1. The van der Waals surface area contributed by atoms with Gasteiger partial charge in [-0.1, -0.05) is 0 Å². The molecule has 3 rings (SSSR count). The summed E-state index contributed by atoms with van der Waals surface area (Å²) < 4.78 is 7.16. The van der Waals surface area contributed by atoms with Crippen LogP contribution in [0.25, 0.3) is 0 Å². The molecule has 0 N–H and O–H groups in total. The van der Waals surface area contributed by atoms with Gasteiger partial charge in [-0.2, -0.15) is 9.48 Å². The summed E-state index contributed by atoms with van der Waals surface area (Å²) in [6, 6.07) is -0.430. The summed E-state index contributed by atoms with van der Waals surface area (Å²) in [5.74, 6) is -0.930. The number of hydrogen-bond donors (Lipinski definition) is 0. The Morgan fingerprint density at radius 2 is 2.08 bits per heavy atom. The van der Waals surface area contributed by atoms with Crippen LogP contribution in [0.1, 0.15) is 20.8 Å². The van der Waals surface area contributed by atoms with Crippen LogP contribution in [-0.4, -0.2) is 83.2 Å². The maximum atomic E-state index is 12.9. The number of imide groups is 1. The highest BCUT2D eigenvalue weighted by molar-refractivity contribution is 6.21. The van der Waals surface area contributed by atoms with Gasteiger partial charge in [-0.15, -0.1) is 4.99 Å². The zero-order valence-corrected chi connectivity index (χ0v) is 15.1. The van der Waals surface area contributed by atoms with Gasteiger partial charge >= 0.3 is 11.9 Å². The lowest BCUT2D eigenvalue weighted by atomic mass is 9.97. The summed E-state index contributed by atoms with van der Waals surface area (Å²) in [6.45, 7) is 6.77. The van der Waals surface area contributed by atoms with Crippen molar-refractivity contribution in [2.75, 3.05) is 27.2 Å². The van der Waals surface area contributed by atoms with Gasteiger partial charge in [-0.3, -0.25) is 9.59 Å². The molecule has 4 amide bonds. The Balaban J connectivity index is 1.89. The van der Waals surface area contributed by atoms with Crippen LogP contribution in [0.3, 0.4) is 0 Å². The maximum Gasteiger partial charge on any atom is 0.445 e. The third-order valence-electron chi connectivity index (χ3n) is 4.58. The standard InChI is InChI=1S/C17H23N4O4/c1-10-8-21(9-17(2,3)25-10)14(22)11-6-12-13(18-7-11)19(4)16(24)20(5)15(12)23/h6-7,10,12H,8-9H2,1-5H3/q+1. The number of rotatable bonds is 1. The maximum absolute atomic E-state index is 12.9. The predicted octanol–water partition coefficient (Wildman–Crippen LogP) is 0.272. The van der Waals surface area contributed by atoms with E-state index in [1.807, 2.05) is 20.8 Å². The Kier molecular flexibility index (Phi) is 4.10. The first-order chi connectivity index (χ1) is 11.6. The number of ether oxygens (including phenoxy) is 1. The molecule has 1 fully saturated rings.